The highest BCUT2D eigenvalue weighted by atomic mass is 35.5. The predicted octanol–water partition coefficient (Wildman–Crippen LogP) is 7.73. The Labute approximate surface area is 353 Å². The van der Waals surface area contributed by atoms with Crippen LogP contribution in [-0.2, 0) is 30.7 Å². The van der Waals surface area contributed by atoms with Gasteiger partial charge in [0.2, 0.25) is 10.0 Å². The van der Waals surface area contributed by atoms with Crippen molar-refractivity contribution in [3.8, 4) is 11.5 Å². The molecule has 1 aromatic heterocycles. The van der Waals surface area contributed by atoms with Crippen LogP contribution in [0.15, 0.2) is 78.0 Å². The van der Waals surface area contributed by atoms with Gasteiger partial charge in [-0.3, -0.25) is 4.90 Å². The van der Waals surface area contributed by atoms with Crippen LogP contribution in [0.2, 0.25) is 10.0 Å². The maximum atomic E-state index is 14.5. The van der Waals surface area contributed by atoms with E-state index in [0.717, 1.165) is 56.0 Å². The maximum absolute atomic E-state index is 14.5. The van der Waals surface area contributed by atoms with Gasteiger partial charge in [-0.1, -0.05) is 55.2 Å². The Morgan fingerprint density at radius 1 is 0.967 bits per heavy atom. The molecule has 19 heteroatoms. The van der Waals surface area contributed by atoms with Gasteiger partial charge >= 0.3 is 18.6 Å². The smallest absolute Gasteiger partial charge is 0.387 e. The summed E-state index contributed by atoms with van der Waals surface area (Å²) in [4.78, 5) is 29.2. The fraction of sp³-hybridized carbons (Fsp3) is 0.390. The minimum Gasteiger partial charge on any atom is -0.619 e. The second kappa shape index (κ2) is 19.4. The zero-order valence-electron chi connectivity index (χ0n) is 32.3. The fourth-order valence-electron chi connectivity index (χ4n) is 6.57. The third-order valence-corrected chi connectivity index (χ3v) is 12.3. The number of carbonyl (C=O) groups is 2. The van der Waals surface area contributed by atoms with Crippen LogP contribution in [0.5, 0.6) is 11.5 Å². The van der Waals surface area contributed by atoms with E-state index in [9.17, 15) is 40.8 Å². The van der Waals surface area contributed by atoms with Crippen LogP contribution in [0.4, 0.5) is 17.6 Å². The van der Waals surface area contributed by atoms with Gasteiger partial charge in [0, 0.05) is 18.5 Å². The average Bonchev–Trinajstić information content (AvgIpc) is 4.04. The van der Waals surface area contributed by atoms with E-state index >= 15 is 0 Å². The quantitative estimate of drug-likeness (QED) is 0.0484. The van der Waals surface area contributed by atoms with E-state index < -0.39 is 63.4 Å². The lowest BCUT2D eigenvalue weighted by Crippen LogP contribution is -2.46. The Morgan fingerprint density at radius 3 is 2.35 bits per heavy atom. The Morgan fingerprint density at radius 2 is 1.68 bits per heavy atom. The number of carbonyl (C=O) groups excluding carboxylic acids is 2. The molecule has 2 unspecified atom stereocenters. The van der Waals surface area contributed by atoms with Crippen LogP contribution in [0, 0.1) is 28.7 Å². The van der Waals surface area contributed by atoms with Gasteiger partial charge in [0.25, 0.3) is 0 Å². The lowest BCUT2D eigenvalue weighted by molar-refractivity contribution is -0.605. The first-order valence-electron chi connectivity index (χ1n) is 19.0. The summed E-state index contributed by atoms with van der Waals surface area (Å²) in [5.41, 5.74) is -0.106. The van der Waals surface area contributed by atoms with Gasteiger partial charge in [-0.05, 0) is 97.8 Å². The summed E-state index contributed by atoms with van der Waals surface area (Å²) in [5.74, 6) is -4.83. The molecule has 1 saturated carbocycles. The molecule has 1 aliphatic carbocycles. The van der Waals surface area contributed by atoms with Gasteiger partial charge in [-0.2, -0.15) is 18.2 Å². The number of likely N-dealkylation sites (tertiary alicyclic amines) is 1. The van der Waals surface area contributed by atoms with Crippen molar-refractivity contribution in [2.75, 3.05) is 26.2 Å². The van der Waals surface area contributed by atoms with E-state index in [1.165, 1.54) is 30.3 Å². The minimum atomic E-state index is -4.72. The highest BCUT2D eigenvalue weighted by Crippen LogP contribution is 2.38. The summed E-state index contributed by atoms with van der Waals surface area (Å²) in [7, 11) is -4.72. The molecule has 60 heavy (non-hydrogen) atoms. The Balaban J connectivity index is 1.29. The van der Waals surface area contributed by atoms with Crippen molar-refractivity contribution < 1.29 is 59.2 Å². The molecule has 0 spiro atoms. The van der Waals surface area contributed by atoms with Crippen molar-refractivity contribution in [1.82, 2.24) is 9.62 Å². The van der Waals surface area contributed by atoms with Gasteiger partial charge in [0.05, 0.1) is 17.1 Å². The van der Waals surface area contributed by atoms with Gasteiger partial charge < -0.3 is 24.2 Å². The number of esters is 2. The Bertz CT molecular complexity index is 2300. The maximum Gasteiger partial charge on any atom is 0.387 e. The van der Waals surface area contributed by atoms with Gasteiger partial charge in [0.15, 0.2) is 35.5 Å². The second-order valence-electron chi connectivity index (χ2n) is 14.6. The number of nitrogens with zero attached hydrogens (tertiary/aromatic N) is 2. The fourth-order valence-corrected chi connectivity index (χ4v) is 8.39. The zero-order valence-corrected chi connectivity index (χ0v) is 34.6. The molecule has 1 saturated heterocycles. The number of hydrogen-bond acceptors (Lipinski definition) is 10. The number of benzene rings is 3. The number of piperidine rings is 1. The number of rotatable bonds is 17. The average molecular weight is 899 g/mol. The van der Waals surface area contributed by atoms with Crippen molar-refractivity contribution in [3.63, 3.8) is 0 Å². The van der Waals surface area contributed by atoms with E-state index in [2.05, 4.69) is 14.4 Å². The summed E-state index contributed by atoms with van der Waals surface area (Å²) in [6.07, 6.45) is 2.42. The van der Waals surface area contributed by atoms with Crippen molar-refractivity contribution in [2.45, 2.75) is 69.3 Å². The Kier molecular flexibility index (Phi) is 14.5. The monoisotopic (exact) mass is 897 g/mol. The van der Waals surface area contributed by atoms with Gasteiger partial charge in [0.1, 0.15) is 28.3 Å². The third kappa shape index (κ3) is 11.4. The van der Waals surface area contributed by atoms with Crippen LogP contribution in [0.3, 0.4) is 0 Å². The van der Waals surface area contributed by atoms with Crippen LogP contribution in [0.1, 0.15) is 72.3 Å². The number of hydrogen-bond donors (Lipinski definition) is 1. The highest BCUT2D eigenvalue weighted by Gasteiger charge is 2.35. The molecule has 2 fully saturated rings. The van der Waals surface area contributed by atoms with E-state index in [1.54, 1.807) is 0 Å². The van der Waals surface area contributed by atoms with Crippen LogP contribution in [0.25, 0.3) is 0 Å². The van der Waals surface area contributed by atoms with E-state index in [4.69, 9.17) is 37.4 Å². The highest BCUT2D eigenvalue weighted by molar-refractivity contribution is 7.89. The van der Waals surface area contributed by atoms with Crippen molar-refractivity contribution in [3.05, 3.63) is 122 Å². The largest absolute Gasteiger partial charge is 0.619 e. The molecule has 0 radical (unpaired) electrons. The molecular weight excluding hydrogens is 857 g/mol. The molecule has 3 aromatic carbocycles. The molecule has 4 aromatic rings. The van der Waals surface area contributed by atoms with Crippen molar-refractivity contribution in [1.29, 1.82) is 0 Å². The summed E-state index contributed by atoms with van der Waals surface area (Å²) in [6, 6.07) is 9.22. The standard InChI is InChI=1S/C41H41Cl2F4N3O9S/c1-3-49-14-13-23(2)37(21-49)58-40(52)38(26-9-11-32(44)33(45)16-26)48-60(54,55)28-6-4-5-27(15-28)39(51)57-35(18-29-30(42)19-50(53)20-31(29)43)25-10-12-34(59-41(46)47)36(17-25)56-22-24-7-8-24/h4-6,9-12,15-17,19-20,23-24,35,37-38,41,48H,3,7-8,13-14,18,21-22H2,1-2H3/t23?,35-,37-,38?/m0/s1. The first-order chi connectivity index (χ1) is 28.5. The van der Waals surface area contributed by atoms with E-state index in [0.29, 0.717) is 30.3 Å². The molecule has 4 atom stereocenters. The number of aromatic nitrogens is 1. The Hall–Kier alpha value is -4.68. The number of halogens is 6. The molecule has 0 amide bonds. The first-order valence-corrected chi connectivity index (χ1v) is 21.2. The van der Waals surface area contributed by atoms with Crippen LogP contribution in [-0.4, -0.2) is 64.2 Å². The minimum absolute atomic E-state index is 0.0580. The number of ether oxygens (including phenoxy) is 4. The normalized spacial score (nSPS) is 18.1. The lowest BCUT2D eigenvalue weighted by atomic mass is 9.95. The molecule has 2 heterocycles. The van der Waals surface area contributed by atoms with E-state index in [1.807, 2.05) is 13.8 Å². The van der Waals surface area contributed by atoms with Gasteiger partial charge in [-0.15, -0.1) is 0 Å². The number of likely N-dealkylation sites (N-methyl/N-ethyl adjacent to an activating group) is 1. The topological polar surface area (TPSA) is 147 Å². The first kappa shape index (κ1) is 44.9. The summed E-state index contributed by atoms with van der Waals surface area (Å²) in [5, 5.41) is 11.8. The molecule has 1 N–H and O–H groups in total. The molecule has 12 nitrogen and oxygen atoms in total. The van der Waals surface area contributed by atoms with Crippen molar-refractivity contribution >= 4 is 45.2 Å². The number of nitrogens with one attached hydrogen (secondary N) is 1. The number of sulfonamides is 1. The summed E-state index contributed by atoms with van der Waals surface area (Å²) in [6.45, 7) is 2.73. The zero-order chi connectivity index (χ0) is 43.3. The second-order valence-corrected chi connectivity index (χ2v) is 17.1. The summed E-state index contributed by atoms with van der Waals surface area (Å²) < 4.78 is 108. The van der Waals surface area contributed by atoms with Crippen LogP contribution >= 0.6 is 23.2 Å². The molecule has 1 aliphatic heterocycles. The molecule has 0 bridgehead atoms. The van der Waals surface area contributed by atoms with Gasteiger partial charge in [-0.25, -0.2) is 26.8 Å². The SMILES string of the molecule is CCN1CCC(C)[C@@H](OC(=O)C(NS(=O)(=O)c2cccc(C(=O)O[C@@H](Cc3c(Cl)c[n+]([O-])cc3Cl)c3ccc(OC(F)F)c(OCC4CC4)c3)c2)c2ccc(F)c(F)c2)C1. The molecule has 6 rings (SSSR count). The predicted molar refractivity (Wildman–Crippen MR) is 210 cm³/mol. The van der Waals surface area contributed by atoms with Crippen molar-refractivity contribution in [2.24, 2.45) is 11.8 Å². The molecule has 322 valence electrons. The molecular formula is C41H41Cl2F4N3O9S. The number of pyridine rings is 1. The lowest BCUT2D eigenvalue weighted by Gasteiger charge is -2.36. The van der Waals surface area contributed by atoms with E-state index in [-0.39, 0.29) is 68.7 Å². The van der Waals surface area contributed by atoms with Crippen LogP contribution < -0.4 is 18.9 Å². The molecule has 2 aliphatic rings. The third-order valence-electron chi connectivity index (χ3n) is 10.3. The number of alkyl halides is 2. The summed E-state index contributed by atoms with van der Waals surface area (Å²) >= 11 is 12.7.